The number of benzene rings is 2. The molecule has 132 valence electrons. The van der Waals surface area contributed by atoms with Crippen molar-refractivity contribution < 1.29 is 19.2 Å². The van der Waals surface area contributed by atoms with E-state index in [9.17, 15) is 14.9 Å². The Labute approximate surface area is 153 Å². The number of nitrogens with zero attached hydrogens (tertiary/aromatic N) is 1. The fraction of sp³-hybridized carbons (Fsp3) is 0.235. The van der Waals surface area contributed by atoms with Crippen LogP contribution in [0.5, 0.6) is 11.5 Å². The second-order valence-corrected chi connectivity index (χ2v) is 5.94. The molecule has 0 fully saturated rings. The number of nitro groups is 1. The largest absolute Gasteiger partial charge is 0.494 e. The Morgan fingerprint density at radius 1 is 1.24 bits per heavy atom. The van der Waals surface area contributed by atoms with Crippen LogP contribution in [-0.2, 0) is 0 Å². The van der Waals surface area contributed by atoms with Gasteiger partial charge in [-0.1, -0.05) is 6.92 Å². The molecule has 1 amide bonds. The number of carbonyl (C=O) groups is 1. The van der Waals surface area contributed by atoms with Crippen LogP contribution in [0.25, 0.3) is 0 Å². The first-order valence-corrected chi connectivity index (χ1v) is 8.31. The number of rotatable bonds is 7. The fourth-order valence-corrected chi connectivity index (χ4v) is 2.56. The van der Waals surface area contributed by atoms with E-state index in [0.717, 1.165) is 6.42 Å². The number of ether oxygens (including phenoxy) is 2. The second kappa shape index (κ2) is 8.48. The van der Waals surface area contributed by atoms with Crippen molar-refractivity contribution in [2.24, 2.45) is 0 Å². The monoisotopic (exact) mass is 408 g/mol. The molecule has 0 saturated carbocycles. The van der Waals surface area contributed by atoms with Gasteiger partial charge in [-0.3, -0.25) is 14.9 Å². The summed E-state index contributed by atoms with van der Waals surface area (Å²) in [7, 11) is 1.38. The van der Waals surface area contributed by atoms with E-state index in [2.05, 4.69) is 21.2 Å². The lowest BCUT2D eigenvalue weighted by atomic mass is 10.2. The van der Waals surface area contributed by atoms with Gasteiger partial charge in [-0.25, -0.2) is 0 Å². The molecule has 0 saturated heterocycles. The predicted molar refractivity (Wildman–Crippen MR) is 97.5 cm³/mol. The number of non-ortho nitro benzene ring substituents is 1. The van der Waals surface area contributed by atoms with E-state index < -0.39 is 4.92 Å². The maximum Gasteiger partial charge on any atom is 0.273 e. The van der Waals surface area contributed by atoms with Crippen LogP contribution in [0.4, 0.5) is 11.4 Å². The molecule has 2 aromatic rings. The van der Waals surface area contributed by atoms with Gasteiger partial charge in [0, 0.05) is 11.6 Å². The van der Waals surface area contributed by atoms with Gasteiger partial charge >= 0.3 is 0 Å². The molecule has 8 heteroatoms. The highest BCUT2D eigenvalue weighted by atomic mass is 79.9. The quantitative estimate of drug-likeness (QED) is 0.541. The number of methoxy groups -OCH3 is 1. The molecular weight excluding hydrogens is 392 g/mol. The Morgan fingerprint density at radius 2 is 2.00 bits per heavy atom. The Bertz CT molecular complexity index is 795. The number of anilines is 1. The molecule has 0 radical (unpaired) electrons. The molecule has 0 spiro atoms. The predicted octanol–water partition coefficient (Wildman–Crippen LogP) is 4.41. The molecular formula is C17H17BrN2O5. The fourth-order valence-electron chi connectivity index (χ4n) is 2.06. The summed E-state index contributed by atoms with van der Waals surface area (Å²) < 4.78 is 11.3. The van der Waals surface area contributed by atoms with Crippen LogP contribution in [0.2, 0.25) is 0 Å². The van der Waals surface area contributed by atoms with Crippen LogP contribution in [0.15, 0.2) is 40.9 Å². The molecule has 0 aliphatic heterocycles. The van der Waals surface area contributed by atoms with Gasteiger partial charge in [0.05, 0.1) is 34.9 Å². The summed E-state index contributed by atoms with van der Waals surface area (Å²) in [5.74, 6) is 0.505. The van der Waals surface area contributed by atoms with E-state index in [4.69, 9.17) is 9.47 Å². The molecule has 2 rings (SSSR count). The Hall–Kier alpha value is -2.61. The van der Waals surface area contributed by atoms with Crippen LogP contribution < -0.4 is 14.8 Å². The van der Waals surface area contributed by atoms with Crippen molar-refractivity contribution >= 4 is 33.2 Å². The highest BCUT2D eigenvalue weighted by Gasteiger charge is 2.15. The zero-order chi connectivity index (χ0) is 18.4. The average Bonchev–Trinajstić information content (AvgIpc) is 2.60. The second-order valence-electron chi connectivity index (χ2n) is 5.09. The lowest BCUT2D eigenvalue weighted by Gasteiger charge is -2.11. The number of halogens is 1. The Morgan fingerprint density at radius 3 is 2.60 bits per heavy atom. The molecule has 0 aliphatic carbocycles. The summed E-state index contributed by atoms with van der Waals surface area (Å²) in [6.07, 6.45) is 0.884. The van der Waals surface area contributed by atoms with E-state index in [1.54, 1.807) is 18.2 Å². The van der Waals surface area contributed by atoms with Gasteiger partial charge in [-0.15, -0.1) is 0 Å². The smallest absolute Gasteiger partial charge is 0.273 e. The van der Waals surface area contributed by atoms with Crippen molar-refractivity contribution in [1.29, 1.82) is 0 Å². The molecule has 0 heterocycles. The summed E-state index contributed by atoms with van der Waals surface area (Å²) in [4.78, 5) is 22.7. The lowest BCUT2D eigenvalue weighted by molar-refractivity contribution is -0.384. The van der Waals surface area contributed by atoms with Gasteiger partial charge < -0.3 is 14.8 Å². The van der Waals surface area contributed by atoms with E-state index in [0.29, 0.717) is 28.1 Å². The van der Waals surface area contributed by atoms with Gasteiger partial charge in [0.2, 0.25) is 0 Å². The maximum absolute atomic E-state index is 12.4. The number of nitrogens with one attached hydrogen (secondary N) is 1. The Kier molecular flexibility index (Phi) is 6.35. The van der Waals surface area contributed by atoms with E-state index in [1.165, 1.54) is 25.3 Å². The van der Waals surface area contributed by atoms with Crippen molar-refractivity contribution in [2.75, 3.05) is 19.0 Å². The van der Waals surface area contributed by atoms with E-state index >= 15 is 0 Å². The number of carbonyl (C=O) groups excluding carboxylic acids is 1. The number of hydrogen-bond acceptors (Lipinski definition) is 5. The third kappa shape index (κ3) is 4.69. The van der Waals surface area contributed by atoms with Crippen LogP contribution >= 0.6 is 15.9 Å². The highest BCUT2D eigenvalue weighted by molar-refractivity contribution is 9.10. The normalized spacial score (nSPS) is 10.2. The third-order valence-electron chi connectivity index (χ3n) is 3.30. The number of amides is 1. The summed E-state index contributed by atoms with van der Waals surface area (Å²) in [5, 5.41) is 13.5. The minimum absolute atomic E-state index is 0.116. The Balaban J connectivity index is 2.19. The molecule has 0 unspecified atom stereocenters. The topological polar surface area (TPSA) is 90.7 Å². The number of hydrogen-bond donors (Lipinski definition) is 1. The maximum atomic E-state index is 12.4. The van der Waals surface area contributed by atoms with Crippen LogP contribution in [0.3, 0.4) is 0 Å². The van der Waals surface area contributed by atoms with Crippen molar-refractivity contribution in [3.8, 4) is 11.5 Å². The highest BCUT2D eigenvalue weighted by Crippen LogP contribution is 2.30. The summed E-state index contributed by atoms with van der Waals surface area (Å²) in [6, 6.07) is 8.99. The molecule has 1 N–H and O–H groups in total. The average molecular weight is 409 g/mol. The standard InChI is InChI=1S/C17H17BrN2O5/c1-3-8-25-15-7-4-11(9-13(15)18)17(21)19-14-6-5-12(20(22)23)10-16(14)24-2/h4-7,9-10H,3,8H2,1-2H3,(H,19,21). The van der Waals surface area contributed by atoms with Crippen molar-refractivity contribution in [3.05, 3.63) is 56.5 Å². The zero-order valence-corrected chi connectivity index (χ0v) is 15.3. The van der Waals surface area contributed by atoms with Crippen molar-refractivity contribution in [3.63, 3.8) is 0 Å². The van der Waals surface area contributed by atoms with E-state index in [1.807, 2.05) is 6.92 Å². The first kappa shape index (κ1) is 18.7. The van der Waals surface area contributed by atoms with E-state index in [-0.39, 0.29) is 17.3 Å². The molecule has 25 heavy (non-hydrogen) atoms. The first-order chi connectivity index (χ1) is 12.0. The molecule has 0 bridgehead atoms. The van der Waals surface area contributed by atoms with Crippen molar-refractivity contribution in [1.82, 2.24) is 0 Å². The molecule has 0 atom stereocenters. The first-order valence-electron chi connectivity index (χ1n) is 7.52. The SMILES string of the molecule is CCCOc1ccc(C(=O)Nc2ccc([N+](=O)[O-])cc2OC)cc1Br. The number of nitro benzene ring substituents is 1. The third-order valence-corrected chi connectivity index (χ3v) is 3.92. The lowest BCUT2D eigenvalue weighted by Crippen LogP contribution is -2.13. The van der Waals surface area contributed by atoms with Gasteiger partial charge in [-0.05, 0) is 46.6 Å². The minimum atomic E-state index is -0.528. The minimum Gasteiger partial charge on any atom is -0.494 e. The zero-order valence-electron chi connectivity index (χ0n) is 13.7. The van der Waals surface area contributed by atoms with Crippen LogP contribution in [-0.4, -0.2) is 24.5 Å². The molecule has 0 aliphatic rings. The van der Waals surface area contributed by atoms with Crippen molar-refractivity contribution in [2.45, 2.75) is 13.3 Å². The summed E-state index contributed by atoms with van der Waals surface area (Å²) in [5.41, 5.74) is 0.645. The summed E-state index contributed by atoms with van der Waals surface area (Å²) >= 11 is 3.38. The van der Waals surface area contributed by atoms with Gasteiger partial charge in [-0.2, -0.15) is 0 Å². The molecule has 2 aromatic carbocycles. The van der Waals surface area contributed by atoms with Gasteiger partial charge in [0.15, 0.2) is 0 Å². The van der Waals surface area contributed by atoms with Gasteiger partial charge in [0.25, 0.3) is 11.6 Å². The van der Waals surface area contributed by atoms with Crippen LogP contribution in [0, 0.1) is 10.1 Å². The summed E-state index contributed by atoms with van der Waals surface area (Å²) in [6.45, 7) is 2.59. The van der Waals surface area contributed by atoms with Crippen LogP contribution in [0.1, 0.15) is 23.7 Å². The molecule has 0 aromatic heterocycles. The van der Waals surface area contributed by atoms with Gasteiger partial charge in [0.1, 0.15) is 11.5 Å². The molecule has 7 nitrogen and oxygen atoms in total.